The Morgan fingerprint density at radius 2 is 2.15 bits per heavy atom. The number of fused-ring (bicyclic) bond motifs is 1. The molecule has 1 aromatic rings. The molecule has 0 N–H and O–H groups in total. The molecule has 0 spiro atoms. The fourth-order valence-electron chi connectivity index (χ4n) is 1.95. The largest absolute Gasteiger partial charge is 0.470 e. The van der Waals surface area contributed by atoms with E-state index in [1.54, 1.807) is 25.1 Å². The summed E-state index contributed by atoms with van der Waals surface area (Å²) >= 11 is 0. The van der Waals surface area contributed by atoms with Crippen molar-refractivity contribution < 1.29 is 19.2 Å². The third-order valence-corrected chi connectivity index (χ3v) is 2.91. The first-order valence-corrected chi connectivity index (χ1v) is 5.85. The molecule has 1 heterocycles. The minimum absolute atomic E-state index is 0.0591. The Balaban J connectivity index is 2.50. The molecule has 1 aliphatic heterocycles. The van der Waals surface area contributed by atoms with Crippen molar-refractivity contribution in [1.29, 1.82) is 0 Å². The van der Waals surface area contributed by atoms with Gasteiger partial charge in [0.1, 0.15) is 5.75 Å². The van der Waals surface area contributed by atoms with Gasteiger partial charge in [0.25, 0.3) is 5.69 Å². The molecule has 1 aromatic carbocycles. The van der Waals surface area contributed by atoms with Crippen molar-refractivity contribution in [2.45, 2.75) is 6.23 Å². The summed E-state index contributed by atoms with van der Waals surface area (Å²) < 4.78 is 10.4. The van der Waals surface area contributed by atoms with Gasteiger partial charge in [0.2, 0.25) is 0 Å². The van der Waals surface area contributed by atoms with Crippen LogP contribution in [0.25, 0.3) is 6.08 Å². The maximum Gasteiger partial charge on any atom is 0.338 e. The molecular weight excluding hydrogens is 264 g/mol. The van der Waals surface area contributed by atoms with E-state index in [4.69, 9.17) is 9.47 Å². The summed E-state index contributed by atoms with van der Waals surface area (Å²) in [7, 11) is 4.80. The quantitative estimate of drug-likeness (QED) is 0.472. The number of esters is 1. The van der Waals surface area contributed by atoms with Crippen molar-refractivity contribution in [3.8, 4) is 5.75 Å². The number of carbonyl (C=O) groups is 1. The first kappa shape index (κ1) is 14.0. The lowest BCUT2D eigenvalue weighted by Crippen LogP contribution is -2.39. The number of nitro benzene ring substituents is 1. The topological polar surface area (TPSA) is 81.9 Å². The van der Waals surface area contributed by atoms with Gasteiger partial charge in [0.15, 0.2) is 6.23 Å². The molecule has 7 heteroatoms. The van der Waals surface area contributed by atoms with Crippen LogP contribution in [0.4, 0.5) is 5.69 Å². The van der Waals surface area contributed by atoms with Gasteiger partial charge in [-0.25, -0.2) is 4.79 Å². The summed E-state index contributed by atoms with van der Waals surface area (Å²) in [5.74, 6) is -0.0391. The molecule has 0 amide bonds. The van der Waals surface area contributed by atoms with E-state index < -0.39 is 17.1 Å². The summed E-state index contributed by atoms with van der Waals surface area (Å²) in [6.45, 7) is 0. The van der Waals surface area contributed by atoms with Gasteiger partial charge in [-0.15, -0.1) is 0 Å². The van der Waals surface area contributed by atoms with Crippen molar-refractivity contribution in [3.05, 3.63) is 39.4 Å². The maximum atomic E-state index is 11.8. The van der Waals surface area contributed by atoms with Gasteiger partial charge in [-0.1, -0.05) is 0 Å². The zero-order chi connectivity index (χ0) is 14.9. The van der Waals surface area contributed by atoms with Gasteiger partial charge < -0.3 is 9.47 Å². The predicted molar refractivity (Wildman–Crippen MR) is 71.2 cm³/mol. The number of hydrogen-bond acceptors (Lipinski definition) is 6. The van der Waals surface area contributed by atoms with Gasteiger partial charge in [0.05, 0.1) is 17.6 Å². The highest BCUT2D eigenvalue weighted by Crippen LogP contribution is 2.33. The van der Waals surface area contributed by atoms with Crippen molar-refractivity contribution in [2.24, 2.45) is 0 Å². The Bertz CT molecular complexity index is 594. The molecule has 1 unspecified atom stereocenters. The van der Waals surface area contributed by atoms with E-state index in [0.717, 1.165) is 0 Å². The SMILES string of the molecule is COC(=O)C1=Cc2cc([N+](=O)[O-])ccc2OC1N(C)C. The average Bonchev–Trinajstić information content (AvgIpc) is 2.44. The van der Waals surface area contributed by atoms with E-state index in [0.29, 0.717) is 16.9 Å². The molecule has 2 rings (SSSR count). The molecule has 0 radical (unpaired) electrons. The van der Waals surface area contributed by atoms with Crippen LogP contribution in [-0.4, -0.2) is 43.2 Å². The second-order valence-electron chi connectivity index (χ2n) is 4.50. The Morgan fingerprint density at radius 1 is 1.45 bits per heavy atom. The fourth-order valence-corrected chi connectivity index (χ4v) is 1.95. The maximum absolute atomic E-state index is 11.8. The minimum Gasteiger partial charge on any atom is -0.470 e. The van der Waals surface area contributed by atoms with Gasteiger partial charge in [-0.3, -0.25) is 15.0 Å². The lowest BCUT2D eigenvalue weighted by atomic mass is 10.0. The van der Waals surface area contributed by atoms with Gasteiger partial charge in [0, 0.05) is 17.7 Å². The second kappa shape index (κ2) is 5.30. The van der Waals surface area contributed by atoms with Crippen LogP contribution in [0.5, 0.6) is 5.75 Å². The van der Waals surface area contributed by atoms with E-state index in [1.165, 1.54) is 25.3 Å². The normalized spacial score (nSPS) is 17.0. The van der Waals surface area contributed by atoms with Crippen molar-refractivity contribution in [2.75, 3.05) is 21.2 Å². The highest BCUT2D eigenvalue weighted by molar-refractivity contribution is 5.96. The standard InChI is InChI=1S/C13H14N2O5/c1-14(2)12-10(13(16)19-3)7-8-6-9(15(17)18)4-5-11(8)20-12/h4-7,12H,1-3H3. The van der Waals surface area contributed by atoms with Crippen LogP contribution >= 0.6 is 0 Å². The minimum atomic E-state index is -0.587. The summed E-state index contributed by atoms with van der Waals surface area (Å²) in [6, 6.07) is 4.25. The van der Waals surface area contributed by atoms with Gasteiger partial charge in [-0.2, -0.15) is 0 Å². The van der Waals surface area contributed by atoms with Crippen LogP contribution in [-0.2, 0) is 9.53 Å². The number of nitrogens with zero attached hydrogens (tertiary/aromatic N) is 2. The van der Waals surface area contributed by atoms with Gasteiger partial charge >= 0.3 is 5.97 Å². The number of ether oxygens (including phenoxy) is 2. The molecule has 0 saturated carbocycles. The number of likely N-dealkylation sites (N-methyl/N-ethyl adjacent to an activating group) is 1. The van der Waals surface area contributed by atoms with E-state index >= 15 is 0 Å². The smallest absolute Gasteiger partial charge is 0.338 e. The number of benzene rings is 1. The number of carbonyl (C=O) groups excluding carboxylic acids is 1. The zero-order valence-electron chi connectivity index (χ0n) is 11.3. The van der Waals surface area contributed by atoms with Crippen LogP contribution in [0.15, 0.2) is 23.8 Å². The Labute approximate surface area is 115 Å². The van der Waals surface area contributed by atoms with Crippen molar-refractivity contribution in [1.82, 2.24) is 4.90 Å². The molecule has 106 valence electrons. The third-order valence-electron chi connectivity index (χ3n) is 2.91. The highest BCUT2D eigenvalue weighted by atomic mass is 16.6. The first-order valence-electron chi connectivity index (χ1n) is 5.85. The van der Waals surface area contributed by atoms with E-state index in [-0.39, 0.29) is 5.69 Å². The molecular formula is C13H14N2O5. The number of methoxy groups -OCH3 is 1. The highest BCUT2D eigenvalue weighted by Gasteiger charge is 2.30. The summed E-state index contributed by atoms with van der Waals surface area (Å²) in [4.78, 5) is 23.8. The van der Waals surface area contributed by atoms with Crippen LogP contribution in [0, 0.1) is 10.1 Å². The monoisotopic (exact) mass is 278 g/mol. The summed E-state index contributed by atoms with van der Waals surface area (Å²) in [5.41, 5.74) is 0.722. The molecule has 7 nitrogen and oxygen atoms in total. The van der Waals surface area contributed by atoms with Gasteiger partial charge in [-0.05, 0) is 26.2 Å². The molecule has 20 heavy (non-hydrogen) atoms. The molecule has 0 saturated heterocycles. The second-order valence-corrected chi connectivity index (χ2v) is 4.50. The molecule has 0 bridgehead atoms. The van der Waals surface area contributed by atoms with Crippen LogP contribution in [0.1, 0.15) is 5.56 Å². The molecule has 0 fully saturated rings. The number of hydrogen-bond donors (Lipinski definition) is 0. The molecule has 1 aliphatic rings. The lowest BCUT2D eigenvalue weighted by Gasteiger charge is -2.30. The zero-order valence-corrected chi connectivity index (χ0v) is 11.3. The van der Waals surface area contributed by atoms with Crippen LogP contribution in [0.2, 0.25) is 0 Å². The first-order chi connectivity index (χ1) is 9.43. The number of non-ortho nitro benzene ring substituents is 1. The Morgan fingerprint density at radius 3 is 2.70 bits per heavy atom. The molecule has 1 atom stereocenters. The number of rotatable bonds is 3. The Kier molecular flexibility index (Phi) is 3.71. The van der Waals surface area contributed by atoms with E-state index in [1.807, 2.05) is 0 Å². The average molecular weight is 278 g/mol. The van der Waals surface area contributed by atoms with Crippen molar-refractivity contribution in [3.63, 3.8) is 0 Å². The van der Waals surface area contributed by atoms with Crippen LogP contribution in [0.3, 0.4) is 0 Å². The summed E-state index contributed by atoms with van der Waals surface area (Å²) in [5, 5.41) is 10.8. The Hall–Kier alpha value is -2.41. The predicted octanol–water partition coefficient (Wildman–Crippen LogP) is 1.43. The van der Waals surface area contributed by atoms with E-state index in [9.17, 15) is 14.9 Å². The molecule has 0 aliphatic carbocycles. The third kappa shape index (κ3) is 2.48. The molecule has 0 aromatic heterocycles. The number of nitro groups is 1. The summed E-state index contributed by atoms with van der Waals surface area (Å²) in [6.07, 6.45) is 0.971. The fraction of sp³-hybridized carbons (Fsp3) is 0.308. The lowest BCUT2D eigenvalue weighted by molar-refractivity contribution is -0.384. The van der Waals surface area contributed by atoms with Crippen LogP contribution < -0.4 is 4.74 Å². The van der Waals surface area contributed by atoms with E-state index in [2.05, 4.69) is 0 Å². The van der Waals surface area contributed by atoms with Crippen molar-refractivity contribution >= 4 is 17.7 Å².